The number of aromatic nitrogens is 1. The Kier molecular flexibility index (Phi) is 6.58. The summed E-state index contributed by atoms with van der Waals surface area (Å²) in [6.45, 7) is 3.80. The number of alkyl halides is 3. The second kappa shape index (κ2) is 9.13. The van der Waals surface area contributed by atoms with Crippen molar-refractivity contribution in [2.75, 3.05) is 31.2 Å². The Bertz CT molecular complexity index is 828. The summed E-state index contributed by atoms with van der Waals surface area (Å²) in [5.74, 6) is 0.580. The van der Waals surface area contributed by atoms with E-state index in [1.807, 2.05) is 25.1 Å². The van der Waals surface area contributed by atoms with Crippen molar-refractivity contribution in [1.29, 1.82) is 0 Å². The summed E-state index contributed by atoms with van der Waals surface area (Å²) in [4.78, 5) is 17.3. The fourth-order valence-electron chi connectivity index (χ4n) is 3.06. The average molecular weight is 409 g/mol. The van der Waals surface area contributed by atoms with Crippen molar-refractivity contribution >= 4 is 11.6 Å². The number of benzene rings is 1. The molecule has 0 saturated carbocycles. The third-order valence-corrected chi connectivity index (χ3v) is 4.44. The van der Waals surface area contributed by atoms with Crippen molar-refractivity contribution in [3.63, 3.8) is 0 Å². The molecule has 1 atom stereocenters. The largest absolute Gasteiger partial charge is 0.456 e. The third kappa shape index (κ3) is 5.83. The molecule has 9 heteroatoms. The predicted molar refractivity (Wildman–Crippen MR) is 101 cm³/mol. The zero-order chi connectivity index (χ0) is 20.9. The Labute approximate surface area is 166 Å². The molecular weight excluding hydrogens is 387 g/mol. The summed E-state index contributed by atoms with van der Waals surface area (Å²) < 4.78 is 48.6. The van der Waals surface area contributed by atoms with Crippen LogP contribution in [0.15, 0.2) is 42.6 Å². The molecule has 1 fully saturated rings. The van der Waals surface area contributed by atoms with Crippen LogP contribution < -0.4 is 15.0 Å². The number of amides is 1. The standard InChI is InChI=1S/C20H22F3N3O3/c1-2-28-13-19(27)25-14-8-9-26(12-14)15-4-3-5-16(10-15)29-17-6-7-18(24-11-17)20(21,22)23/h3-7,10-11,14H,2,8-9,12-13H2,1H3,(H,25,27)/t14-/m0/s1. The molecule has 0 unspecified atom stereocenters. The Morgan fingerprint density at radius 3 is 2.79 bits per heavy atom. The quantitative estimate of drug-likeness (QED) is 0.757. The number of nitrogens with zero attached hydrogens (tertiary/aromatic N) is 2. The maximum absolute atomic E-state index is 12.6. The zero-order valence-corrected chi connectivity index (χ0v) is 15.9. The number of nitrogens with one attached hydrogen (secondary N) is 1. The van der Waals surface area contributed by atoms with E-state index in [9.17, 15) is 18.0 Å². The van der Waals surface area contributed by atoms with Crippen LogP contribution in [0.2, 0.25) is 0 Å². The van der Waals surface area contributed by atoms with Gasteiger partial charge >= 0.3 is 6.18 Å². The number of hydrogen-bond acceptors (Lipinski definition) is 5. The van der Waals surface area contributed by atoms with Crippen LogP contribution in [0.1, 0.15) is 19.0 Å². The number of ether oxygens (including phenoxy) is 2. The first-order valence-electron chi connectivity index (χ1n) is 9.28. The van der Waals surface area contributed by atoms with Gasteiger partial charge in [0.25, 0.3) is 0 Å². The zero-order valence-electron chi connectivity index (χ0n) is 15.9. The maximum Gasteiger partial charge on any atom is 0.433 e. The summed E-state index contributed by atoms with van der Waals surface area (Å²) in [5, 5.41) is 2.95. The average Bonchev–Trinajstić information content (AvgIpc) is 3.15. The summed E-state index contributed by atoms with van der Waals surface area (Å²) in [6, 6.07) is 9.41. The van der Waals surface area contributed by atoms with E-state index in [1.165, 1.54) is 6.07 Å². The minimum absolute atomic E-state index is 0.0339. The topological polar surface area (TPSA) is 63.7 Å². The molecule has 6 nitrogen and oxygen atoms in total. The molecule has 0 radical (unpaired) electrons. The van der Waals surface area contributed by atoms with Gasteiger partial charge in [0.15, 0.2) is 0 Å². The van der Waals surface area contributed by atoms with Crippen molar-refractivity contribution in [3.8, 4) is 11.5 Å². The van der Waals surface area contributed by atoms with Crippen LogP contribution in [-0.2, 0) is 15.7 Å². The molecule has 1 saturated heterocycles. The number of carbonyl (C=O) groups excluding carboxylic acids is 1. The lowest BCUT2D eigenvalue weighted by Crippen LogP contribution is -2.39. The van der Waals surface area contributed by atoms with E-state index in [0.29, 0.717) is 18.9 Å². The number of rotatable bonds is 7. The molecule has 1 aliphatic heterocycles. The van der Waals surface area contributed by atoms with E-state index in [2.05, 4.69) is 15.2 Å². The molecule has 0 bridgehead atoms. The number of hydrogen-bond donors (Lipinski definition) is 1. The van der Waals surface area contributed by atoms with Gasteiger partial charge < -0.3 is 19.7 Å². The van der Waals surface area contributed by atoms with Gasteiger partial charge in [-0.2, -0.15) is 13.2 Å². The molecule has 1 amide bonds. The first kappa shape index (κ1) is 20.9. The van der Waals surface area contributed by atoms with Crippen LogP contribution in [0, 0.1) is 0 Å². The SMILES string of the molecule is CCOCC(=O)N[C@H]1CCN(c2cccc(Oc3ccc(C(F)(F)F)nc3)c2)C1. The van der Waals surface area contributed by atoms with Gasteiger partial charge in [-0.15, -0.1) is 0 Å². The number of carbonyl (C=O) groups is 1. The molecule has 0 aliphatic carbocycles. The molecule has 1 aromatic carbocycles. The summed E-state index contributed by atoms with van der Waals surface area (Å²) >= 11 is 0. The second-order valence-electron chi connectivity index (χ2n) is 6.61. The molecule has 0 spiro atoms. The molecule has 1 aliphatic rings. The van der Waals surface area contributed by atoms with Crippen LogP contribution in [0.3, 0.4) is 0 Å². The van der Waals surface area contributed by atoms with Gasteiger partial charge in [0.05, 0.1) is 6.20 Å². The molecule has 2 heterocycles. The molecule has 1 N–H and O–H groups in total. The Balaban J connectivity index is 1.59. The smallest absolute Gasteiger partial charge is 0.433 e. The van der Waals surface area contributed by atoms with Crippen molar-refractivity contribution in [2.45, 2.75) is 25.6 Å². The number of anilines is 1. The van der Waals surface area contributed by atoms with E-state index in [1.54, 1.807) is 6.07 Å². The minimum Gasteiger partial charge on any atom is -0.456 e. The van der Waals surface area contributed by atoms with Crippen LogP contribution in [0.25, 0.3) is 0 Å². The minimum atomic E-state index is -4.48. The van der Waals surface area contributed by atoms with Gasteiger partial charge in [-0.3, -0.25) is 4.79 Å². The molecule has 3 rings (SSSR count). The highest BCUT2D eigenvalue weighted by Crippen LogP contribution is 2.31. The van der Waals surface area contributed by atoms with Crippen LogP contribution >= 0.6 is 0 Å². The van der Waals surface area contributed by atoms with E-state index >= 15 is 0 Å². The van der Waals surface area contributed by atoms with Gasteiger partial charge in [-0.25, -0.2) is 4.98 Å². The van der Waals surface area contributed by atoms with Crippen LogP contribution in [0.5, 0.6) is 11.5 Å². The Morgan fingerprint density at radius 2 is 2.10 bits per heavy atom. The van der Waals surface area contributed by atoms with Crippen molar-refractivity contribution in [3.05, 3.63) is 48.3 Å². The highest BCUT2D eigenvalue weighted by molar-refractivity contribution is 5.77. The molecule has 156 valence electrons. The molecular formula is C20H22F3N3O3. The van der Waals surface area contributed by atoms with Crippen LogP contribution in [-0.4, -0.2) is 43.2 Å². The predicted octanol–water partition coefficient (Wildman–Crippen LogP) is 3.62. The van der Waals surface area contributed by atoms with Gasteiger partial charge in [-0.1, -0.05) is 6.07 Å². The van der Waals surface area contributed by atoms with Crippen molar-refractivity contribution in [2.24, 2.45) is 0 Å². The monoisotopic (exact) mass is 409 g/mol. The molecule has 2 aromatic rings. The molecule has 29 heavy (non-hydrogen) atoms. The fourth-order valence-corrected chi connectivity index (χ4v) is 3.06. The lowest BCUT2D eigenvalue weighted by Gasteiger charge is -2.20. The lowest BCUT2D eigenvalue weighted by molar-refractivity contribution is -0.141. The number of halogens is 3. The second-order valence-corrected chi connectivity index (χ2v) is 6.61. The van der Waals surface area contributed by atoms with Gasteiger partial charge in [-0.05, 0) is 37.6 Å². The van der Waals surface area contributed by atoms with E-state index in [4.69, 9.17) is 9.47 Å². The highest BCUT2D eigenvalue weighted by atomic mass is 19.4. The maximum atomic E-state index is 12.6. The van der Waals surface area contributed by atoms with Crippen molar-refractivity contribution in [1.82, 2.24) is 10.3 Å². The van der Waals surface area contributed by atoms with Gasteiger partial charge in [0.1, 0.15) is 23.8 Å². The summed E-state index contributed by atoms with van der Waals surface area (Å²) in [7, 11) is 0. The van der Waals surface area contributed by atoms with Gasteiger partial charge in [0, 0.05) is 37.5 Å². The highest BCUT2D eigenvalue weighted by Gasteiger charge is 2.32. The van der Waals surface area contributed by atoms with E-state index in [-0.39, 0.29) is 24.3 Å². The van der Waals surface area contributed by atoms with E-state index < -0.39 is 11.9 Å². The van der Waals surface area contributed by atoms with Gasteiger partial charge in [0.2, 0.25) is 5.91 Å². The van der Waals surface area contributed by atoms with Crippen LogP contribution in [0.4, 0.5) is 18.9 Å². The van der Waals surface area contributed by atoms with Crippen molar-refractivity contribution < 1.29 is 27.4 Å². The summed E-state index contributed by atoms with van der Waals surface area (Å²) in [6.07, 6.45) is -2.62. The Hall–Kier alpha value is -2.81. The molecule has 1 aromatic heterocycles. The summed E-state index contributed by atoms with van der Waals surface area (Å²) in [5.41, 5.74) is -0.0583. The first-order chi connectivity index (χ1) is 13.8. The fraction of sp³-hybridized carbons (Fsp3) is 0.400. The normalized spacial score (nSPS) is 16.7. The van der Waals surface area contributed by atoms with E-state index in [0.717, 1.165) is 30.9 Å². The first-order valence-corrected chi connectivity index (χ1v) is 9.28. The number of pyridine rings is 1. The third-order valence-electron chi connectivity index (χ3n) is 4.44. The Morgan fingerprint density at radius 1 is 1.28 bits per heavy atom. The lowest BCUT2D eigenvalue weighted by atomic mass is 10.2.